The lowest BCUT2D eigenvalue weighted by atomic mass is 10.0. The second kappa shape index (κ2) is 9.27. The molecule has 2 aromatic carbocycles. The third-order valence-corrected chi connectivity index (χ3v) is 4.48. The predicted octanol–water partition coefficient (Wildman–Crippen LogP) is 5.96. The number of carbonyl (C=O) groups is 2. The van der Waals surface area contributed by atoms with E-state index in [9.17, 15) is 9.59 Å². The van der Waals surface area contributed by atoms with Gasteiger partial charge in [-0.1, -0.05) is 17.7 Å². The van der Waals surface area contributed by atoms with E-state index >= 15 is 0 Å². The second-order valence-corrected chi connectivity index (χ2v) is 8.19. The normalized spacial score (nSPS) is 11.7. The summed E-state index contributed by atoms with van der Waals surface area (Å²) in [6.07, 6.45) is 3.08. The lowest BCUT2D eigenvalue weighted by Gasteiger charge is -2.27. The van der Waals surface area contributed by atoms with Crippen LogP contribution in [-0.2, 0) is 9.53 Å². The Balaban J connectivity index is 2.19. The predicted molar refractivity (Wildman–Crippen MR) is 117 cm³/mol. The minimum Gasteiger partial charge on any atom is -0.476 e. The summed E-state index contributed by atoms with van der Waals surface area (Å²) in [4.78, 5) is 24.6. The quantitative estimate of drug-likeness (QED) is 0.318. The molecule has 2 rings (SSSR count). The molecule has 29 heavy (non-hydrogen) atoms. The molecule has 154 valence electrons. The van der Waals surface area contributed by atoms with Crippen LogP contribution in [0, 0.1) is 13.8 Å². The summed E-state index contributed by atoms with van der Waals surface area (Å²) >= 11 is 5.86. The van der Waals surface area contributed by atoms with E-state index in [1.165, 1.54) is 6.08 Å². The van der Waals surface area contributed by atoms with Gasteiger partial charge in [0.2, 0.25) is 0 Å². The van der Waals surface area contributed by atoms with Gasteiger partial charge in [-0.15, -0.1) is 0 Å². The number of carbonyl (C=O) groups excluding carboxylic acids is 2. The Hall–Kier alpha value is -2.59. The van der Waals surface area contributed by atoms with Gasteiger partial charge in [-0.2, -0.15) is 0 Å². The third kappa shape index (κ3) is 6.20. The standard InChI is InChI=1S/C24H27ClO4/c1-15(2)28-23(27)24(5,6)29-22-16(3)13-18(14-17(22)4)7-12-21(26)19-8-10-20(25)11-9-19/h7-15H,1-6H3/b12-7+. The number of hydrogen-bond acceptors (Lipinski definition) is 4. The van der Waals surface area contributed by atoms with Crippen molar-refractivity contribution in [3.63, 3.8) is 0 Å². The first-order chi connectivity index (χ1) is 13.5. The molecule has 0 saturated heterocycles. The molecule has 0 amide bonds. The lowest BCUT2D eigenvalue weighted by molar-refractivity contribution is -0.163. The van der Waals surface area contributed by atoms with Gasteiger partial charge < -0.3 is 9.47 Å². The maximum atomic E-state index is 12.3. The van der Waals surface area contributed by atoms with Gasteiger partial charge in [-0.25, -0.2) is 4.79 Å². The fourth-order valence-electron chi connectivity index (χ4n) is 2.78. The average Bonchev–Trinajstić information content (AvgIpc) is 2.62. The minimum absolute atomic E-state index is 0.102. The summed E-state index contributed by atoms with van der Waals surface area (Å²) in [5, 5.41) is 0.590. The van der Waals surface area contributed by atoms with Gasteiger partial charge in [0.25, 0.3) is 0 Å². The molecule has 0 N–H and O–H groups in total. The Bertz CT molecular complexity index is 901. The van der Waals surface area contributed by atoms with Crippen LogP contribution in [0.1, 0.15) is 54.7 Å². The molecule has 0 spiro atoms. The molecule has 0 atom stereocenters. The SMILES string of the molecule is Cc1cc(/C=C/C(=O)c2ccc(Cl)cc2)cc(C)c1OC(C)(C)C(=O)OC(C)C. The van der Waals surface area contributed by atoms with Crippen LogP contribution in [0.15, 0.2) is 42.5 Å². The summed E-state index contributed by atoms with van der Waals surface area (Å²) in [7, 11) is 0. The smallest absolute Gasteiger partial charge is 0.350 e. The van der Waals surface area contributed by atoms with Crippen molar-refractivity contribution in [3.8, 4) is 5.75 Å². The fourth-order valence-corrected chi connectivity index (χ4v) is 2.90. The van der Waals surface area contributed by atoms with Crippen LogP contribution < -0.4 is 4.74 Å². The summed E-state index contributed by atoms with van der Waals surface area (Å²) in [6.45, 7) is 10.8. The van der Waals surface area contributed by atoms with Crippen LogP contribution in [-0.4, -0.2) is 23.5 Å². The molecular formula is C24H27ClO4. The van der Waals surface area contributed by atoms with Crippen molar-refractivity contribution in [3.05, 3.63) is 69.8 Å². The molecule has 0 aliphatic carbocycles. The van der Waals surface area contributed by atoms with E-state index in [4.69, 9.17) is 21.1 Å². The lowest BCUT2D eigenvalue weighted by Crippen LogP contribution is -2.41. The van der Waals surface area contributed by atoms with E-state index in [2.05, 4.69) is 0 Å². The molecule has 0 aliphatic rings. The number of halogens is 1. The number of hydrogen-bond donors (Lipinski definition) is 0. The zero-order chi connectivity index (χ0) is 21.8. The zero-order valence-electron chi connectivity index (χ0n) is 17.7. The molecular weight excluding hydrogens is 388 g/mol. The highest BCUT2D eigenvalue weighted by Crippen LogP contribution is 2.29. The van der Waals surface area contributed by atoms with E-state index in [-0.39, 0.29) is 11.9 Å². The number of aryl methyl sites for hydroxylation is 2. The number of ether oxygens (including phenoxy) is 2. The van der Waals surface area contributed by atoms with Gasteiger partial charge >= 0.3 is 5.97 Å². The Labute approximate surface area is 177 Å². The number of benzene rings is 2. The fraction of sp³-hybridized carbons (Fsp3) is 0.333. The van der Waals surface area contributed by atoms with Crippen molar-refractivity contribution in [2.24, 2.45) is 0 Å². The molecule has 0 aromatic heterocycles. The van der Waals surface area contributed by atoms with Crippen LogP contribution in [0.4, 0.5) is 0 Å². The highest BCUT2D eigenvalue weighted by molar-refractivity contribution is 6.30. The molecule has 0 heterocycles. The molecule has 0 aliphatic heterocycles. The van der Waals surface area contributed by atoms with Crippen LogP contribution in [0.25, 0.3) is 6.08 Å². The van der Waals surface area contributed by atoms with E-state index in [1.54, 1.807) is 58.0 Å². The van der Waals surface area contributed by atoms with Crippen molar-refractivity contribution in [2.75, 3.05) is 0 Å². The maximum Gasteiger partial charge on any atom is 0.350 e. The van der Waals surface area contributed by atoms with Gasteiger partial charge in [-0.3, -0.25) is 4.79 Å². The number of esters is 1. The summed E-state index contributed by atoms with van der Waals surface area (Å²) in [5.41, 5.74) is 2.08. The Morgan fingerprint density at radius 1 is 1.03 bits per heavy atom. The van der Waals surface area contributed by atoms with Crippen molar-refractivity contribution in [1.82, 2.24) is 0 Å². The molecule has 0 saturated carbocycles. The summed E-state index contributed by atoms with van der Waals surface area (Å²) in [6, 6.07) is 10.6. The first kappa shape index (κ1) is 22.7. The first-order valence-electron chi connectivity index (χ1n) is 9.49. The molecule has 0 unspecified atom stereocenters. The first-order valence-corrected chi connectivity index (χ1v) is 9.86. The van der Waals surface area contributed by atoms with Crippen LogP contribution >= 0.6 is 11.6 Å². The Kier molecular flexibility index (Phi) is 7.26. The Morgan fingerprint density at radius 3 is 2.10 bits per heavy atom. The maximum absolute atomic E-state index is 12.3. The second-order valence-electron chi connectivity index (χ2n) is 7.75. The molecule has 5 heteroatoms. The summed E-state index contributed by atoms with van der Waals surface area (Å²) in [5.74, 6) is 0.121. The highest BCUT2D eigenvalue weighted by Gasteiger charge is 2.33. The molecule has 0 bridgehead atoms. The third-order valence-electron chi connectivity index (χ3n) is 4.23. The van der Waals surface area contributed by atoms with Gasteiger partial charge in [0, 0.05) is 10.6 Å². The van der Waals surface area contributed by atoms with Crippen molar-refractivity contribution < 1.29 is 19.1 Å². The minimum atomic E-state index is -1.11. The molecule has 0 radical (unpaired) electrons. The van der Waals surface area contributed by atoms with Crippen LogP contribution in [0.3, 0.4) is 0 Å². The van der Waals surface area contributed by atoms with Gasteiger partial charge in [0.05, 0.1) is 6.10 Å². The molecule has 4 nitrogen and oxygen atoms in total. The monoisotopic (exact) mass is 414 g/mol. The number of allylic oxidation sites excluding steroid dienone is 1. The largest absolute Gasteiger partial charge is 0.476 e. The topological polar surface area (TPSA) is 52.6 Å². The zero-order valence-corrected chi connectivity index (χ0v) is 18.5. The van der Waals surface area contributed by atoms with E-state index < -0.39 is 11.6 Å². The average molecular weight is 415 g/mol. The van der Waals surface area contributed by atoms with E-state index in [0.29, 0.717) is 16.3 Å². The van der Waals surface area contributed by atoms with Gasteiger partial charge in [0.1, 0.15) is 5.75 Å². The van der Waals surface area contributed by atoms with Crippen molar-refractivity contribution in [1.29, 1.82) is 0 Å². The summed E-state index contributed by atoms with van der Waals surface area (Å²) < 4.78 is 11.3. The van der Waals surface area contributed by atoms with Crippen molar-refractivity contribution >= 4 is 29.4 Å². The van der Waals surface area contributed by atoms with Gasteiger partial charge in [-0.05, 0) is 101 Å². The number of rotatable bonds is 7. The Morgan fingerprint density at radius 2 is 1.59 bits per heavy atom. The molecule has 0 fully saturated rings. The van der Waals surface area contributed by atoms with E-state index in [1.807, 2.05) is 26.0 Å². The van der Waals surface area contributed by atoms with Gasteiger partial charge in [0.15, 0.2) is 11.4 Å². The van der Waals surface area contributed by atoms with Crippen LogP contribution in [0.2, 0.25) is 5.02 Å². The highest BCUT2D eigenvalue weighted by atomic mass is 35.5. The molecule has 2 aromatic rings. The van der Waals surface area contributed by atoms with Crippen molar-refractivity contribution in [2.45, 2.75) is 53.2 Å². The van der Waals surface area contributed by atoms with Crippen LogP contribution in [0.5, 0.6) is 5.75 Å². The number of ketones is 1. The van der Waals surface area contributed by atoms with E-state index in [0.717, 1.165) is 16.7 Å².